The van der Waals surface area contributed by atoms with Gasteiger partial charge in [0.1, 0.15) is 12.3 Å². The third kappa shape index (κ3) is 3.73. The van der Waals surface area contributed by atoms with Gasteiger partial charge >= 0.3 is 5.97 Å². The number of pyridine rings is 1. The monoisotopic (exact) mass is 326 g/mol. The molecule has 116 valence electrons. The van der Waals surface area contributed by atoms with Crippen molar-refractivity contribution in [3.8, 4) is 0 Å². The predicted molar refractivity (Wildman–Crippen MR) is 89.3 cm³/mol. The van der Waals surface area contributed by atoms with Crippen LogP contribution in [-0.4, -0.2) is 15.4 Å². The molecular weight excluding hydrogens is 312 g/mol. The molecule has 0 saturated carbocycles. The molecule has 23 heavy (non-hydrogen) atoms. The summed E-state index contributed by atoms with van der Waals surface area (Å²) >= 11 is 1.55. The first-order valence-corrected chi connectivity index (χ1v) is 7.92. The number of aromatic nitrogens is 2. The minimum atomic E-state index is -0.470. The van der Waals surface area contributed by atoms with Gasteiger partial charge in [-0.1, -0.05) is 6.07 Å². The highest BCUT2D eigenvalue weighted by Crippen LogP contribution is 2.08. The van der Waals surface area contributed by atoms with Gasteiger partial charge in [-0.25, -0.2) is 9.78 Å². The average Bonchev–Trinajstić information content (AvgIpc) is 3.05. The van der Waals surface area contributed by atoms with Crippen LogP contribution >= 0.6 is 11.3 Å². The Labute approximate surface area is 136 Å². The fourth-order valence-corrected chi connectivity index (χ4v) is 2.69. The number of ether oxygens (including phenoxy) is 1. The summed E-state index contributed by atoms with van der Waals surface area (Å²) in [5.74, 6) is -0.470. The van der Waals surface area contributed by atoms with E-state index in [2.05, 4.69) is 4.98 Å². The Morgan fingerprint density at radius 3 is 3.04 bits per heavy atom. The van der Waals surface area contributed by atoms with Gasteiger partial charge < -0.3 is 4.74 Å². The van der Waals surface area contributed by atoms with Crippen LogP contribution in [0.25, 0.3) is 11.7 Å². The highest BCUT2D eigenvalue weighted by Gasteiger charge is 2.05. The van der Waals surface area contributed by atoms with E-state index in [-0.39, 0.29) is 12.2 Å². The highest BCUT2D eigenvalue weighted by atomic mass is 32.1. The largest absolute Gasteiger partial charge is 0.456 e. The zero-order valence-electron chi connectivity index (χ0n) is 12.4. The molecule has 3 aromatic rings. The molecule has 0 aliphatic heterocycles. The summed E-state index contributed by atoms with van der Waals surface area (Å²) in [6, 6.07) is 6.92. The van der Waals surface area contributed by atoms with Gasteiger partial charge in [0.15, 0.2) is 0 Å². The van der Waals surface area contributed by atoms with Crippen molar-refractivity contribution in [3.63, 3.8) is 0 Å². The van der Waals surface area contributed by atoms with Gasteiger partial charge in [0.2, 0.25) is 0 Å². The first-order valence-electron chi connectivity index (χ1n) is 6.98. The zero-order valence-corrected chi connectivity index (χ0v) is 13.2. The Kier molecular flexibility index (Phi) is 4.34. The van der Waals surface area contributed by atoms with E-state index in [1.807, 2.05) is 29.8 Å². The molecule has 0 saturated heterocycles. The summed E-state index contributed by atoms with van der Waals surface area (Å²) in [5.41, 5.74) is 2.68. The molecule has 5 nitrogen and oxygen atoms in total. The quantitative estimate of drug-likeness (QED) is 0.546. The van der Waals surface area contributed by atoms with E-state index < -0.39 is 5.97 Å². The number of thiophene rings is 1. The Morgan fingerprint density at radius 2 is 2.26 bits per heavy atom. The zero-order chi connectivity index (χ0) is 16.2. The maximum Gasteiger partial charge on any atom is 0.331 e. The van der Waals surface area contributed by atoms with Crippen molar-refractivity contribution in [1.29, 1.82) is 0 Å². The number of carbonyl (C=O) groups is 1. The smallest absolute Gasteiger partial charge is 0.331 e. The lowest BCUT2D eigenvalue weighted by atomic mass is 10.3. The van der Waals surface area contributed by atoms with E-state index in [1.165, 1.54) is 16.5 Å². The fourth-order valence-electron chi connectivity index (χ4n) is 2.06. The van der Waals surface area contributed by atoms with Gasteiger partial charge in [0.05, 0.1) is 5.69 Å². The SMILES string of the molecule is Cc1ccc2nc(COC(=O)/C=C/c3ccsc3)cc(=O)n2c1. The van der Waals surface area contributed by atoms with Gasteiger partial charge in [0.25, 0.3) is 5.56 Å². The van der Waals surface area contributed by atoms with Crippen LogP contribution in [-0.2, 0) is 16.1 Å². The van der Waals surface area contributed by atoms with Crippen molar-refractivity contribution >= 4 is 29.0 Å². The van der Waals surface area contributed by atoms with Crippen molar-refractivity contribution in [2.45, 2.75) is 13.5 Å². The van der Waals surface area contributed by atoms with Crippen LogP contribution in [0.3, 0.4) is 0 Å². The highest BCUT2D eigenvalue weighted by molar-refractivity contribution is 7.08. The van der Waals surface area contributed by atoms with Crippen LogP contribution in [0.2, 0.25) is 0 Å². The minimum Gasteiger partial charge on any atom is -0.456 e. The molecule has 0 unspecified atom stereocenters. The van der Waals surface area contributed by atoms with Gasteiger partial charge in [0, 0.05) is 18.3 Å². The molecule has 0 aliphatic rings. The lowest BCUT2D eigenvalue weighted by Gasteiger charge is -2.05. The lowest BCUT2D eigenvalue weighted by Crippen LogP contribution is -2.16. The fraction of sp³-hybridized carbons (Fsp3) is 0.118. The molecule has 6 heteroatoms. The topological polar surface area (TPSA) is 60.7 Å². The number of fused-ring (bicyclic) bond motifs is 1. The average molecular weight is 326 g/mol. The number of hydrogen-bond donors (Lipinski definition) is 0. The van der Waals surface area contributed by atoms with Crippen molar-refractivity contribution in [2.24, 2.45) is 0 Å². The Hall–Kier alpha value is -2.73. The first kappa shape index (κ1) is 15.2. The molecule has 0 spiro atoms. The third-order valence-corrected chi connectivity index (χ3v) is 3.88. The van der Waals surface area contributed by atoms with Crippen LogP contribution in [0.1, 0.15) is 16.8 Å². The van der Waals surface area contributed by atoms with Crippen LogP contribution in [0.5, 0.6) is 0 Å². The van der Waals surface area contributed by atoms with Gasteiger partial charge in [-0.05, 0) is 47.0 Å². The van der Waals surface area contributed by atoms with Gasteiger partial charge in [-0.2, -0.15) is 11.3 Å². The van der Waals surface area contributed by atoms with Gasteiger partial charge in [-0.15, -0.1) is 0 Å². The Morgan fingerprint density at radius 1 is 1.39 bits per heavy atom. The molecule has 0 aromatic carbocycles. The summed E-state index contributed by atoms with van der Waals surface area (Å²) < 4.78 is 6.59. The molecule has 3 heterocycles. The van der Waals surface area contributed by atoms with E-state index >= 15 is 0 Å². The molecule has 0 fully saturated rings. The van der Waals surface area contributed by atoms with Crippen LogP contribution in [0.15, 0.2) is 52.1 Å². The summed E-state index contributed by atoms with van der Waals surface area (Å²) in [6.07, 6.45) is 4.77. The molecule has 0 radical (unpaired) electrons. The summed E-state index contributed by atoms with van der Waals surface area (Å²) in [4.78, 5) is 28.1. The molecule has 0 N–H and O–H groups in total. The molecule has 3 rings (SSSR count). The number of aryl methyl sites for hydroxylation is 1. The number of esters is 1. The number of nitrogens with zero attached hydrogens (tertiary/aromatic N) is 2. The van der Waals surface area contributed by atoms with Crippen LogP contribution in [0.4, 0.5) is 0 Å². The normalized spacial score (nSPS) is 11.2. The van der Waals surface area contributed by atoms with Crippen LogP contribution in [0, 0.1) is 6.92 Å². The first-order chi connectivity index (χ1) is 11.1. The van der Waals surface area contributed by atoms with Crippen molar-refractivity contribution in [3.05, 3.63) is 74.5 Å². The number of rotatable bonds is 4. The van der Waals surface area contributed by atoms with Crippen molar-refractivity contribution < 1.29 is 9.53 Å². The maximum atomic E-state index is 12.0. The van der Waals surface area contributed by atoms with E-state index in [1.54, 1.807) is 29.7 Å². The Balaban J connectivity index is 1.71. The Bertz CT molecular complexity index is 927. The summed E-state index contributed by atoms with van der Waals surface area (Å²) in [5, 5.41) is 3.86. The number of hydrogen-bond acceptors (Lipinski definition) is 5. The third-order valence-electron chi connectivity index (χ3n) is 3.18. The minimum absolute atomic E-state index is 0.0353. The summed E-state index contributed by atoms with van der Waals surface area (Å²) in [7, 11) is 0. The van der Waals surface area contributed by atoms with E-state index in [0.717, 1.165) is 11.1 Å². The van der Waals surface area contributed by atoms with Gasteiger partial charge in [-0.3, -0.25) is 9.20 Å². The van der Waals surface area contributed by atoms with Crippen molar-refractivity contribution in [1.82, 2.24) is 9.38 Å². The molecule has 0 amide bonds. The molecule has 0 atom stereocenters. The standard InChI is InChI=1S/C17H14N2O3S/c1-12-2-4-15-18-14(8-16(20)19(15)9-12)10-22-17(21)5-3-13-6-7-23-11-13/h2-9,11H,10H2,1H3/b5-3+. The number of carbonyl (C=O) groups excluding carboxylic acids is 1. The van der Waals surface area contributed by atoms with Crippen LogP contribution < -0.4 is 5.56 Å². The predicted octanol–water partition coefficient (Wildman–Crippen LogP) is 2.82. The molecule has 0 aliphatic carbocycles. The van der Waals surface area contributed by atoms with E-state index in [0.29, 0.717) is 11.3 Å². The second kappa shape index (κ2) is 6.58. The molecular formula is C17H14N2O3S. The second-order valence-corrected chi connectivity index (χ2v) is 5.80. The van der Waals surface area contributed by atoms with E-state index in [4.69, 9.17) is 4.74 Å². The summed E-state index contributed by atoms with van der Waals surface area (Å²) in [6.45, 7) is 1.87. The van der Waals surface area contributed by atoms with Crippen molar-refractivity contribution in [2.75, 3.05) is 0 Å². The second-order valence-electron chi connectivity index (χ2n) is 5.02. The molecule has 3 aromatic heterocycles. The lowest BCUT2D eigenvalue weighted by molar-refractivity contribution is -0.139. The van der Waals surface area contributed by atoms with E-state index in [9.17, 15) is 9.59 Å². The maximum absolute atomic E-state index is 12.0. The molecule has 0 bridgehead atoms.